The van der Waals surface area contributed by atoms with Gasteiger partial charge < -0.3 is 14.6 Å². The third-order valence-corrected chi connectivity index (χ3v) is 6.20. The Kier molecular flexibility index (Phi) is 6.43. The van der Waals surface area contributed by atoms with Gasteiger partial charge in [0.1, 0.15) is 0 Å². The van der Waals surface area contributed by atoms with Gasteiger partial charge in [0, 0.05) is 36.2 Å². The summed E-state index contributed by atoms with van der Waals surface area (Å²) in [4.78, 5) is 0. The topological polar surface area (TPSA) is 26.2 Å². The molecule has 4 rings (SSSR count). The SMILES string of the molecule is CCn1cc(C/C=C(\C)OC)c2cc(CNC(C)c3cccc4ccccc34)ccc21. The van der Waals surface area contributed by atoms with Crippen molar-refractivity contribution < 1.29 is 4.74 Å². The molecule has 0 radical (unpaired) electrons. The molecular formula is C28H32N2O. The third kappa shape index (κ3) is 4.52. The molecule has 1 unspecified atom stereocenters. The molecule has 160 valence electrons. The molecule has 0 saturated carbocycles. The Labute approximate surface area is 185 Å². The van der Waals surface area contributed by atoms with E-state index >= 15 is 0 Å². The molecule has 1 N–H and O–H groups in total. The van der Waals surface area contributed by atoms with E-state index in [0.29, 0.717) is 0 Å². The average Bonchev–Trinajstić information content (AvgIpc) is 3.17. The Balaban J connectivity index is 1.57. The minimum absolute atomic E-state index is 0.272. The first-order chi connectivity index (χ1) is 15.1. The van der Waals surface area contributed by atoms with Crippen LogP contribution in [0.1, 0.15) is 43.5 Å². The Morgan fingerprint density at radius 1 is 1.06 bits per heavy atom. The van der Waals surface area contributed by atoms with Crippen molar-refractivity contribution in [2.45, 2.75) is 46.3 Å². The van der Waals surface area contributed by atoms with Crippen LogP contribution in [-0.4, -0.2) is 11.7 Å². The molecule has 0 amide bonds. The highest BCUT2D eigenvalue weighted by molar-refractivity contribution is 5.86. The number of methoxy groups -OCH3 is 1. The van der Waals surface area contributed by atoms with Gasteiger partial charge in [0.15, 0.2) is 0 Å². The van der Waals surface area contributed by atoms with Crippen LogP contribution in [0.3, 0.4) is 0 Å². The number of ether oxygens (including phenoxy) is 1. The first-order valence-electron chi connectivity index (χ1n) is 11.1. The van der Waals surface area contributed by atoms with E-state index in [4.69, 9.17) is 4.74 Å². The van der Waals surface area contributed by atoms with Crippen LogP contribution in [0.25, 0.3) is 21.7 Å². The number of hydrogen-bond acceptors (Lipinski definition) is 2. The summed E-state index contributed by atoms with van der Waals surface area (Å²) in [6.07, 6.45) is 5.31. The Bertz CT molecular complexity index is 1210. The van der Waals surface area contributed by atoms with Gasteiger partial charge in [-0.1, -0.05) is 48.5 Å². The Morgan fingerprint density at radius 3 is 2.68 bits per heavy atom. The van der Waals surface area contributed by atoms with E-state index < -0.39 is 0 Å². The van der Waals surface area contributed by atoms with E-state index in [0.717, 1.165) is 25.3 Å². The molecular weight excluding hydrogens is 380 g/mol. The Hall–Kier alpha value is -3.04. The molecule has 1 heterocycles. The molecule has 1 atom stereocenters. The molecule has 0 aliphatic heterocycles. The molecule has 0 fully saturated rings. The molecule has 0 aliphatic rings. The molecule has 3 heteroatoms. The lowest BCUT2D eigenvalue weighted by atomic mass is 9.99. The fourth-order valence-corrected chi connectivity index (χ4v) is 4.30. The van der Waals surface area contributed by atoms with Crippen LogP contribution in [0.2, 0.25) is 0 Å². The molecule has 3 nitrogen and oxygen atoms in total. The van der Waals surface area contributed by atoms with Crippen molar-refractivity contribution in [3.8, 4) is 0 Å². The standard InChI is InChI=1S/C28H32N2O/c1-5-30-19-24(15-13-20(2)31-4)27-17-22(14-16-28(27)30)18-29-21(3)25-12-8-10-23-9-6-7-11-26(23)25/h6-14,16-17,19,21,29H,5,15,18H2,1-4H3/b20-13+. The highest BCUT2D eigenvalue weighted by atomic mass is 16.5. The second kappa shape index (κ2) is 9.40. The van der Waals surface area contributed by atoms with E-state index in [1.807, 2.05) is 6.92 Å². The summed E-state index contributed by atoms with van der Waals surface area (Å²) >= 11 is 0. The van der Waals surface area contributed by atoms with Gasteiger partial charge in [0.2, 0.25) is 0 Å². The second-order valence-corrected chi connectivity index (χ2v) is 8.19. The highest BCUT2D eigenvalue weighted by Gasteiger charge is 2.11. The van der Waals surface area contributed by atoms with Crippen molar-refractivity contribution in [1.82, 2.24) is 9.88 Å². The van der Waals surface area contributed by atoms with Gasteiger partial charge in [-0.2, -0.15) is 0 Å². The monoisotopic (exact) mass is 412 g/mol. The molecule has 3 aromatic carbocycles. The van der Waals surface area contributed by atoms with E-state index in [1.54, 1.807) is 7.11 Å². The predicted molar refractivity (Wildman–Crippen MR) is 131 cm³/mol. The van der Waals surface area contributed by atoms with Crippen molar-refractivity contribution >= 4 is 21.7 Å². The van der Waals surface area contributed by atoms with Crippen LogP contribution < -0.4 is 5.32 Å². The van der Waals surface area contributed by atoms with Crippen molar-refractivity contribution in [3.05, 3.63) is 95.4 Å². The molecule has 0 bridgehead atoms. The molecule has 0 spiro atoms. The lowest BCUT2D eigenvalue weighted by Gasteiger charge is -2.17. The Morgan fingerprint density at radius 2 is 1.87 bits per heavy atom. The van der Waals surface area contributed by atoms with Crippen LogP contribution in [0, 0.1) is 0 Å². The number of nitrogens with one attached hydrogen (secondary N) is 1. The zero-order chi connectivity index (χ0) is 21.8. The summed E-state index contributed by atoms with van der Waals surface area (Å²) in [5, 5.41) is 7.68. The first-order valence-corrected chi connectivity index (χ1v) is 11.1. The maximum atomic E-state index is 5.32. The molecule has 0 saturated heterocycles. The van der Waals surface area contributed by atoms with Crippen molar-refractivity contribution in [1.29, 1.82) is 0 Å². The maximum absolute atomic E-state index is 5.32. The van der Waals surface area contributed by atoms with E-state index in [9.17, 15) is 0 Å². The molecule has 4 aromatic rings. The molecule has 31 heavy (non-hydrogen) atoms. The summed E-state index contributed by atoms with van der Waals surface area (Å²) in [6, 6.07) is 22.3. The average molecular weight is 413 g/mol. The molecule has 1 aromatic heterocycles. The summed E-state index contributed by atoms with van der Waals surface area (Å²) in [6.45, 7) is 8.25. The van der Waals surface area contributed by atoms with Crippen LogP contribution in [-0.2, 0) is 24.2 Å². The van der Waals surface area contributed by atoms with Gasteiger partial charge in [-0.05, 0) is 72.9 Å². The largest absolute Gasteiger partial charge is 0.502 e. The number of aromatic nitrogens is 1. The summed E-state index contributed by atoms with van der Waals surface area (Å²) in [5.41, 5.74) is 5.29. The summed E-state index contributed by atoms with van der Waals surface area (Å²) in [5.74, 6) is 0.958. The van der Waals surface area contributed by atoms with Crippen molar-refractivity contribution in [3.63, 3.8) is 0 Å². The van der Waals surface area contributed by atoms with Gasteiger partial charge in [-0.3, -0.25) is 0 Å². The smallest absolute Gasteiger partial charge is 0.0888 e. The number of hydrogen-bond donors (Lipinski definition) is 1. The van der Waals surface area contributed by atoms with Crippen LogP contribution >= 0.6 is 0 Å². The summed E-state index contributed by atoms with van der Waals surface area (Å²) in [7, 11) is 1.72. The number of benzene rings is 3. The van der Waals surface area contributed by atoms with E-state index in [-0.39, 0.29) is 6.04 Å². The minimum atomic E-state index is 0.272. The van der Waals surface area contributed by atoms with Crippen molar-refractivity contribution in [2.24, 2.45) is 0 Å². The lowest BCUT2D eigenvalue weighted by molar-refractivity contribution is 0.292. The maximum Gasteiger partial charge on any atom is 0.0888 e. The second-order valence-electron chi connectivity index (χ2n) is 8.19. The van der Waals surface area contributed by atoms with Gasteiger partial charge in [-0.15, -0.1) is 0 Å². The van der Waals surface area contributed by atoms with Gasteiger partial charge in [0.25, 0.3) is 0 Å². The number of nitrogens with zero attached hydrogens (tertiary/aromatic N) is 1. The number of allylic oxidation sites excluding steroid dienone is 2. The van der Waals surface area contributed by atoms with Crippen molar-refractivity contribution in [2.75, 3.05) is 7.11 Å². The quantitative estimate of drug-likeness (QED) is 0.324. The van der Waals surface area contributed by atoms with E-state index in [2.05, 4.69) is 96.7 Å². The fourth-order valence-electron chi connectivity index (χ4n) is 4.30. The van der Waals surface area contributed by atoms with Gasteiger partial charge >= 0.3 is 0 Å². The van der Waals surface area contributed by atoms with Gasteiger partial charge in [-0.25, -0.2) is 0 Å². The van der Waals surface area contributed by atoms with Crippen LogP contribution in [0.5, 0.6) is 0 Å². The van der Waals surface area contributed by atoms with Crippen LogP contribution in [0.15, 0.2) is 78.7 Å². The normalized spacial score (nSPS) is 13.1. The number of aryl methyl sites for hydroxylation is 1. The fraction of sp³-hybridized carbons (Fsp3) is 0.286. The lowest BCUT2D eigenvalue weighted by Crippen LogP contribution is -2.18. The number of rotatable bonds is 8. The molecule has 0 aliphatic carbocycles. The third-order valence-electron chi connectivity index (χ3n) is 6.20. The zero-order valence-corrected chi connectivity index (χ0v) is 19.0. The first kappa shape index (κ1) is 21.2. The van der Waals surface area contributed by atoms with Gasteiger partial charge in [0.05, 0.1) is 12.9 Å². The highest BCUT2D eigenvalue weighted by Crippen LogP contribution is 2.26. The van der Waals surface area contributed by atoms with Crippen LogP contribution in [0.4, 0.5) is 0 Å². The van der Waals surface area contributed by atoms with E-state index in [1.165, 1.54) is 38.4 Å². The summed E-state index contributed by atoms with van der Waals surface area (Å²) < 4.78 is 7.65. The minimum Gasteiger partial charge on any atom is -0.502 e. The predicted octanol–water partition coefficient (Wildman–Crippen LogP) is 6.76. The number of fused-ring (bicyclic) bond motifs is 2. The zero-order valence-electron chi connectivity index (χ0n) is 19.0.